The van der Waals surface area contributed by atoms with Crippen LogP contribution in [0.1, 0.15) is 12.0 Å². The number of nitrogens with zero attached hydrogens (tertiary/aromatic N) is 2. The Balaban J connectivity index is 2.20. The Bertz CT molecular complexity index is 384. The maximum absolute atomic E-state index is 9.44. The van der Waals surface area contributed by atoms with E-state index in [1.807, 2.05) is 12.1 Å². The smallest absolute Gasteiger partial charge is 0.0702 e. The molecule has 1 aliphatic rings. The first-order chi connectivity index (χ1) is 8.20. The highest BCUT2D eigenvalue weighted by molar-refractivity contribution is 9.10. The van der Waals surface area contributed by atoms with Gasteiger partial charge in [-0.1, -0.05) is 15.9 Å². The summed E-state index contributed by atoms with van der Waals surface area (Å²) in [4.78, 5) is 4.74. The van der Waals surface area contributed by atoms with Crippen LogP contribution in [0.2, 0.25) is 0 Å². The highest BCUT2D eigenvalue weighted by Gasteiger charge is 2.15. The number of hydrogen-bond acceptors (Lipinski definition) is 3. The highest BCUT2D eigenvalue weighted by Crippen LogP contribution is 2.25. The van der Waals surface area contributed by atoms with Gasteiger partial charge in [0.25, 0.3) is 0 Å². The molecule has 0 unspecified atom stereocenters. The lowest BCUT2D eigenvalue weighted by atomic mass is 10.1. The van der Waals surface area contributed by atoms with Crippen LogP contribution in [0.5, 0.6) is 0 Å². The largest absolute Gasteiger partial charge is 0.392 e. The van der Waals surface area contributed by atoms with E-state index in [9.17, 15) is 5.11 Å². The van der Waals surface area contributed by atoms with Crippen molar-refractivity contribution in [3.8, 4) is 0 Å². The highest BCUT2D eigenvalue weighted by atomic mass is 79.9. The van der Waals surface area contributed by atoms with Crippen molar-refractivity contribution in [1.82, 2.24) is 4.90 Å². The van der Waals surface area contributed by atoms with E-state index in [1.165, 1.54) is 12.1 Å². The zero-order valence-electron chi connectivity index (χ0n) is 10.2. The van der Waals surface area contributed by atoms with Crippen LogP contribution in [0.25, 0.3) is 0 Å². The molecule has 3 nitrogen and oxygen atoms in total. The maximum Gasteiger partial charge on any atom is 0.0702 e. The molecular weight excluding hydrogens is 280 g/mol. The van der Waals surface area contributed by atoms with Crippen LogP contribution in [-0.4, -0.2) is 43.2 Å². The van der Waals surface area contributed by atoms with Crippen LogP contribution in [0.3, 0.4) is 0 Å². The molecule has 0 radical (unpaired) electrons. The van der Waals surface area contributed by atoms with Gasteiger partial charge in [0, 0.05) is 35.4 Å². The van der Waals surface area contributed by atoms with E-state index in [-0.39, 0.29) is 6.61 Å². The summed E-state index contributed by atoms with van der Waals surface area (Å²) >= 11 is 3.45. The summed E-state index contributed by atoms with van der Waals surface area (Å²) in [5.74, 6) is 0. The normalized spacial score (nSPS) is 18.2. The molecule has 1 aromatic rings. The van der Waals surface area contributed by atoms with Crippen molar-refractivity contribution < 1.29 is 5.11 Å². The first-order valence-corrected chi connectivity index (χ1v) is 6.83. The van der Waals surface area contributed by atoms with Gasteiger partial charge in [0.1, 0.15) is 0 Å². The number of anilines is 1. The maximum atomic E-state index is 9.44. The van der Waals surface area contributed by atoms with Crippen LogP contribution >= 0.6 is 15.9 Å². The van der Waals surface area contributed by atoms with Crippen molar-refractivity contribution in [2.45, 2.75) is 13.0 Å². The van der Waals surface area contributed by atoms with Crippen molar-refractivity contribution in [2.75, 3.05) is 38.1 Å². The molecule has 0 bridgehead atoms. The molecule has 17 heavy (non-hydrogen) atoms. The van der Waals surface area contributed by atoms with Gasteiger partial charge in [0.05, 0.1) is 6.61 Å². The molecule has 4 heteroatoms. The Morgan fingerprint density at radius 3 is 2.82 bits per heavy atom. The lowest BCUT2D eigenvalue weighted by molar-refractivity contribution is 0.282. The topological polar surface area (TPSA) is 26.7 Å². The molecule has 2 rings (SSSR count). The molecular formula is C13H19BrN2O. The second kappa shape index (κ2) is 5.85. The molecule has 1 heterocycles. The summed E-state index contributed by atoms with van der Waals surface area (Å²) in [6.07, 6.45) is 1.18. The van der Waals surface area contributed by atoms with E-state index in [0.29, 0.717) is 0 Å². The Kier molecular flexibility index (Phi) is 4.42. The van der Waals surface area contributed by atoms with Gasteiger partial charge in [-0.05, 0) is 38.2 Å². The Labute approximate surface area is 111 Å². The monoisotopic (exact) mass is 298 g/mol. The Morgan fingerprint density at radius 1 is 1.24 bits per heavy atom. The predicted molar refractivity (Wildman–Crippen MR) is 74.4 cm³/mol. The van der Waals surface area contributed by atoms with Gasteiger partial charge < -0.3 is 14.9 Å². The SMILES string of the molecule is CN1CCCN(c2ccc(Br)cc2CO)CC1. The number of halogens is 1. The Morgan fingerprint density at radius 2 is 2.06 bits per heavy atom. The van der Waals surface area contributed by atoms with E-state index in [1.54, 1.807) is 0 Å². The van der Waals surface area contributed by atoms with Crippen molar-refractivity contribution in [3.05, 3.63) is 28.2 Å². The van der Waals surface area contributed by atoms with E-state index < -0.39 is 0 Å². The van der Waals surface area contributed by atoms with Crippen LogP contribution in [0.4, 0.5) is 5.69 Å². The number of benzene rings is 1. The van der Waals surface area contributed by atoms with Gasteiger partial charge in [-0.2, -0.15) is 0 Å². The number of hydrogen-bond donors (Lipinski definition) is 1. The number of aliphatic hydroxyl groups excluding tert-OH is 1. The zero-order chi connectivity index (χ0) is 12.3. The van der Waals surface area contributed by atoms with Gasteiger partial charge in [-0.3, -0.25) is 0 Å². The molecule has 1 N–H and O–H groups in total. The molecule has 0 spiro atoms. The van der Waals surface area contributed by atoms with Crippen LogP contribution in [0, 0.1) is 0 Å². The van der Waals surface area contributed by atoms with E-state index >= 15 is 0 Å². The van der Waals surface area contributed by atoms with Crippen molar-refractivity contribution >= 4 is 21.6 Å². The number of likely N-dealkylation sites (N-methyl/N-ethyl adjacent to an activating group) is 1. The number of aliphatic hydroxyl groups is 1. The fraction of sp³-hybridized carbons (Fsp3) is 0.538. The molecule has 94 valence electrons. The quantitative estimate of drug-likeness (QED) is 0.906. The average Bonchev–Trinajstić information content (AvgIpc) is 2.54. The molecule has 1 aliphatic heterocycles. The molecule has 0 aromatic heterocycles. The van der Waals surface area contributed by atoms with Crippen LogP contribution < -0.4 is 4.90 Å². The third-order valence-electron chi connectivity index (χ3n) is 3.27. The fourth-order valence-electron chi connectivity index (χ4n) is 2.28. The van der Waals surface area contributed by atoms with Crippen molar-refractivity contribution in [2.24, 2.45) is 0 Å². The van der Waals surface area contributed by atoms with Crippen LogP contribution in [0.15, 0.2) is 22.7 Å². The number of rotatable bonds is 2. The predicted octanol–water partition coefficient (Wildman–Crippen LogP) is 2.08. The summed E-state index contributed by atoms with van der Waals surface area (Å²) in [5, 5.41) is 9.44. The average molecular weight is 299 g/mol. The fourth-order valence-corrected chi connectivity index (χ4v) is 2.69. The van der Waals surface area contributed by atoms with Gasteiger partial charge >= 0.3 is 0 Å². The summed E-state index contributed by atoms with van der Waals surface area (Å²) in [6.45, 7) is 4.44. The molecule has 0 atom stereocenters. The van der Waals surface area contributed by atoms with E-state index in [4.69, 9.17) is 0 Å². The molecule has 1 aromatic carbocycles. The molecule has 0 saturated carbocycles. The summed E-state index contributed by atoms with van der Waals surface area (Å²) < 4.78 is 1.03. The second-order valence-corrected chi connectivity index (χ2v) is 5.49. The Hall–Kier alpha value is -0.580. The van der Waals surface area contributed by atoms with Crippen LogP contribution in [-0.2, 0) is 6.61 Å². The third-order valence-corrected chi connectivity index (χ3v) is 3.77. The summed E-state index contributed by atoms with van der Waals surface area (Å²) in [5.41, 5.74) is 2.18. The van der Waals surface area contributed by atoms with Gasteiger partial charge in [-0.25, -0.2) is 0 Å². The summed E-state index contributed by atoms with van der Waals surface area (Å²) in [6, 6.07) is 6.15. The minimum atomic E-state index is 0.0983. The summed E-state index contributed by atoms with van der Waals surface area (Å²) in [7, 11) is 2.16. The minimum Gasteiger partial charge on any atom is -0.392 e. The first kappa shape index (κ1) is 12.9. The second-order valence-electron chi connectivity index (χ2n) is 4.58. The third kappa shape index (κ3) is 3.21. The lowest BCUT2D eigenvalue weighted by Crippen LogP contribution is -2.29. The standard InChI is InChI=1S/C13H19BrN2O/c1-15-5-2-6-16(8-7-15)13-4-3-12(14)9-11(13)10-17/h3-4,9,17H,2,5-8,10H2,1H3. The molecule has 0 aliphatic carbocycles. The van der Waals surface area contributed by atoms with Crippen molar-refractivity contribution in [1.29, 1.82) is 0 Å². The molecule has 1 saturated heterocycles. The van der Waals surface area contributed by atoms with E-state index in [0.717, 1.165) is 36.2 Å². The lowest BCUT2D eigenvalue weighted by Gasteiger charge is -2.25. The first-order valence-electron chi connectivity index (χ1n) is 6.03. The molecule has 1 fully saturated rings. The zero-order valence-corrected chi connectivity index (χ0v) is 11.8. The van der Waals surface area contributed by atoms with Gasteiger partial charge in [0.2, 0.25) is 0 Å². The van der Waals surface area contributed by atoms with E-state index in [2.05, 4.69) is 38.8 Å². The minimum absolute atomic E-state index is 0.0983. The molecule has 0 amide bonds. The van der Waals surface area contributed by atoms with Gasteiger partial charge in [0.15, 0.2) is 0 Å². The van der Waals surface area contributed by atoms with Crippen molar-refractivity contribution in [3.63, 3.8) is 0 Å². The van der Waals surface area contributed by atoms with Gasteiger partial charge in [-0.15, -0.1) is 0 Å².